The Bertz CT molecular complexity index is 1110. The minimum absolute atomic E-state index is 0.246. The number of rotatable bonds is 6. The number of thiophene rings is 1. The lowest BCUT2D eigenvalue weighted by Gasteiger charge is -2.10. The summed E-state index contributed by atoms with van der Waals surface area (Å²) in [5.74, 6) is -0.638. The van der Waals surface area contributed by atoms with Crippen molar-refractivity contribution in [2.45, 2.75) is 19.6 Å². The number of halogens is 4. The van der Waals surface area contributed by atoms with E-state index >= 15 is 0 Å². The third kappa shape index (κ3) is 4.65. The number of benzene rings is 1. The maximum Gasteiger partial charge on any atom is 0.416 e. The lowest BCUT2D eigenvalue weighted by Crippen LogP contribution is -2.23. The van der Waals surface area contributed by atoms with Crippen LogP contribution in [0.5, 0.6) is 0 Å². The molecule has 0 atom stereocenters. The van der Waals surface area contributed by atoms with E-state index in [1.165, 1.54) is 17.5 Å². The molecule has 0 fully saturated rings. The number of nitrogens with one attached hydrogen (secondary N) is 1. The Kier molecular flexibility index (Phi) is 6.16. The molecule has 2 heterocycles. The van der Waals surface area contributed by atoms with Gasteiger partial charge in [0.05, 0.1) is 27.9 Å². The summed E-state index contributed by atoms with van der Waals surface area (Å²) in [6.45, 7) is 4.82. The van der Waals surface area contributed by atoms with Gasteiger partial charge in [-0.3, -0.25) is 9.79 Å². The summed E-state index contributed by atoms with van der Waals surface area (Å²) in [5, 5.41) is 4.06. The molecule has 1 amide bonds. The number of imidazole rings is 1. The third-order valence-electron chi connectivity index (χ3n) is 4.23. The summed E-state index contributed by atoms with van der Waals surface area (Å²) in [5.41, 5.74) is -0.181. The van der Waals surface area contributed by atoms with Crippen molar-refractivity contribution in [3.05, 3.63) is 70.4 Å². The number of aliphatic imine (C=N–C) groups is 1. The molecule has 1 N–H and O–H groups in total. The zero-order valence-electron chi connectivity index (χ0n) is 15.7. The molecule has 156 valence electrons. The molecule has 0 unspecified atom stereocenters. The molecule has 5 nitrogen and oxygen atoms in total. The Balaban J connectivity index is 1.76. The summed E-state index contributed by atoms with van der Waals surface area (Å²) < 4.78 is 54.0. The SMILES string of the molecule is C=N/C=C\n1c(-c2cc(C(=O)NCc3cc(C(F)(F)F)ccc3F)cs2)cnc1C. The summed E-state index contributed by atoms with van der Waals surface area (Å²) in [6.07, 6.45) is 0.239. The molecule has 0 saturated carbocycles. The predicted molar refractivity (Wildman–Crippen MR) is 108 cm³/mol. The smallest absolute Gasteiger partial charge is 0.348 e. The van der Waals surface area contributed by atoms with Gasteiger partial charge in [-0.15, -0.1) is 11.3 Å². The van der Waals surface area contributed by atoms with Gasteiger partial charge in [0.25, 0.3) is 5.91 Å². The Hall–Kier alpha value is -3.27. The molecular formula is C20H16F4N4OS. The van der Waals surface area contributed by atoms with E-state index in [4.69, 9.17) is 0 Å². The molecule has 0 saturated heterocycles. The zero-order valence-corrected chi connectivity index (χ0v) is 16.5. The average molecular weight is 436 g/mol. The number of carbonyl (C=O) groups is 1. The van der Waals surface area contributed by atoms with Crippen molar-refractivity contribution >= 4 is 30.2 Å². The number of amides is 1. The number of aromatic nitrogens is 2. The normalized spacial score (nSPS) is 11.8. The minimum atomic E-state index is -4.59. The molecule has 0 aliphatic heterocycles. The summed E-state index contributed by atoms with van der Waals surface area (Å²) >= 11 is 1.30. The molecule has 0 aliphatic carbocycles. The number of nitrogens with zero attached hydrogens (tertiary/aromatic N) is 3. The van der Waals surface area contributed by atoms with Crippen molar-refractivity contribution in [2.24, 2.45) is 4.99 Å². The Morgan fingerprint density at radius 1 is 1.37 bits per heavy atom. The quantitative estimate of drug-likeness (QED) is 0.430. The van der Waals surface area contributed by atoms with Crippen LogP contribution in [0, 0.1) is 12.7 Å². The molecule has 1 aromatic carbocycles. The van der Waals surface area contributed by atoms with E-state index in [0.717, 1.165) is 16.6 Å². The third-order valence-corrected chi connectivity index (χ3v) is 5.18. The standard InChI is InChI=1S/C20H16F4N4OS/c1-12-26-10-17(28(12)6-5-25-2)18-8-14(11-30-18)19(29)27-9-13-7-15(20(22,23)24)3-4-16(13)21/h3-8,10-11H,2,9H2,1H3,(H,27,29)/b6-5-. The summed E-state index contributed by atoms with van der Waals surface area (Å²) in [6, 6.07) is 3.72. The monoisotopic (exact) mass is 436 g/mol. The topological polar surface area (TPSA) is 59.3 Å². The first-order valence-corrected chi connectivity index (χ1v) is 9.47. The lowest BCUT2D eigenvalue weighted by atomic mass is 10.1. The van der Waals surface area contributed by atoms with Crippen molar-refractivity contribution in [1.29, 1.82) is 0 Å². The van der Waals surface area contributed by atoms with E-state index < -0.39 is 23.5 Å². The predicted octanol–water partition coefficient (Wildman–Crippen LogP) is 5.14. The van der Waals surface area contributed by atoms with E-state index in [9.17, 15) is 22.4 Å². The highest BCUT2D eigenvalue weighted by Gasteiger charge is 2.31. The van der Waals surface area contributed by atoms with Crippen LogP contribution < -0.4 is 5.32 Å². The first kappa shape index (κ1) is 21.4. The maximum absolute atomic E-state index is 13.8. The first-order valence-electron chi connectivity index (χ1n) is 8.59. The van der Waals surface area contributed by atoms with Gasteiger partial charge < -0.3 is 9.88 Å². The van der Waals surface area contributed by atoms with Crippen LogP contribution >= 0.6 is 11.3 Å². The van der Waals surface area contributed by atoms with Crippen LogP contribution in [0.25, 0.3) is 16.8 Å². The van der Waals surface area contributed by atoms with Crippen molar-refractivity contribution in [3.63, 3.8) is 0 Å². The molecule has 0 spiro atoms. The van der Waals surface area contributed by atoms with Crippen LogP contribution in [0.1, 0.15) is 27.3 Å². The second-order valence-corrected chi connectivity index (χ2v) is 7.14. The number of aryl methyl sites for hydroxylation is 1. The van der Waals surface area contributed by atoms with Crippen molar-refractivity contribution in [3.8, 4) is 10.6 Å². The number of carbonyl (C=O) groups excluding carboxylic acids is 1. The van der Waals surface area contributed by atoms with Gasteiger partial charge in [0.2, 0.25) is 0 Å². The molecule has 0 bridgehead atoms. The van der Waals surface area contributed by atoms with Crippen molar-refractivity contribution in [2.75, 3.05) is 0 Å². The molecule has 3 aromatic rings. The highest BCUT2D eigenvalue weighted by atomic mass is 32.1. The largest absolute Gasteiger partial charge is 0.416 e. The molecule has 0 radical (unpaired) electrons. The van der Waals surface area contributed by atoms with Crippen molar-refractivity contribution in [1.82, 2.24) is 14.9 Å². The molecule has 0 aliphatic rings. The minimum Gasteiger partial charge on any atom is -0.348 e. The lowest BCUT2D eigenvalue weighted by molar-refractivity contribution is -0.137. The van der Waals surface area contributed by atoms with Crippen LogP contribution in [0.3, 0.4) is 0 Å². The highest BCUT2D eigenvalue weighted by molar-refractivity contribution is 7.13. The Morgan fingerprint density at radius 3 is 2.83 bits per heavy atom. The van der Waals surface area contributed by atoms with Crippen LogP contribution in [-0.4, -0.2) is 22.2 Å². The van der Waals surface area contributed by atoms with Gasteiger partial charge in [0.1, 0.15) is 11.6 Å². The van der Waals surface area contributed by atoms with Crippen molar-refractivity contribution < 1.29 is 22.4 Å². The van der Waals surface area contributed by atoms with Crippen LogP contribution in [0.15, 0.2) is 47.0 Å². The number of alkyl halides is 3. The maximum atomic E-state index is 13.8. The van der Waals surface area contributed by atoms with Crippen LogP contribution in [0.4, 0.5) is 17.6 Å². The molecule has 10 heteroatoms. The molecule has 30 heavy (non-hydrogen) atoms. The van der Waals surface area contributed by atoms with Gasteiger partial charge in [0.15, 0.2) is 0 Å². The van der Waals surface area contributed by atoms with E-state index in [0.29, 0.717) is 23.5 Å². The summed E-state index contributed by atoms with van der Waals surface area (Å²) in [4.78, 5) is 21.1. The fraction of sp³-hybridized carbons (Fsp3) is 0.150. The molecule has 3 rings (SSSR count). The van der Waals surface area contributed by atoms with Gasteiger partial charge in [0, 0.05) is 29.9 Å². The molecular weight excluding hydrogens is 420 g/mol. The van der Waals surface area contributed by atoms with Crippen LogP contribution in [-0.2, 0) is 12.7 Å². The number of hydrogen-bond donors (Lipinski definition) is 1. The summed E-state index contributed by atoms with van der Waals surface area (Å²) in [7, 11) is 0. The Labute approximate surface area is 173 Å². The highest BCUT2D eigenvalue weighted by Crippen LogP contribution is 2.31. The van der Waals surface area contributed by atoms with Gasteiger partial charge in [-0.1, -0.05) is 0 Å². The Morgan fingerprint density at radius 2 is 2.13 bits per heavy atom. The van der Waals surface area contributed by atoms with E-state index in [1.807, 2.05) is 6.92 Å². The van der Waals surface area contributed by atoms with Gasteiger partial charge in [-0.2, -0.15) is 13.2 Å². The second kappa shape index (κ2) is 8.62. The fourth-order valence-corrected chi connectivity index (χ4v) is 3.59. The number of hydrogen-bond acceptors (Lipinski definition) is 4. The van der Waals surface area contributed by atoms with Gasteiger partial charge in [-0.05, 0) is 37.9 Å². The fourth-order valence-electron chi connectivity index (χ4n) is 2.69. The first-order chi connectivity index (χ1) is 14.2. The second-order valence-electron chi connectivity index (χ2n) is 6.23. The average Bonchev–Trinajstić information content (AvgIpc) is 3.31. The van der Waals surface area contributed by atoms with E-state index in [-0.39, 0.29) is 12.1 Å². The molecule has 2 aromatic heterocycles. The van der Waals surface area contributed by atoms with Crippen LogP contribution in [0.2, 0.25) is 0 Å². The van der Waals surface area contributed by atoms with E-state index in [1.54, 1.807) is 28.4 Å². The van der Waals surface area contributed by atoms with Gasteiger partial charge in [-0.25, -0.2) is 9.37 Å². The van der Waals surface area contributed by atoms with E-state index in [2.05, 4.69) is 22.0 Å². The zero-order chi connectivity index (χ0) is 21.9. The van der Waals surface area contributed by atoms with Gasteiger partial charge >= 0.3 is 6.18 Å².